The molecule has 5 rings (SSSR count). The third-order valence-corrected chi connectivity index (χ3v) is 10.8. The van der Waals surface area contributed by atoms with E-state index < -0.39 is 27.0 Å². The van der Waals surface area contributed by atoms with Crippen molar-refractivity contribution in [1.82, 2.24) is 39.6 Å². The monoisotopic (exact) mass is 920 g/mol. The maximum atomic E-state index is 5.67. The van der Waals surface area contributed by atoms with Crippen molar-refractivity contribution >= 4 is 48.0 Å². The fraction of sp³-hybridized carbons (Fsp3) is 0.375. The molecular formula is C32H48Cl4N8O2Ru2-4. The fourth-order valence-electron chi connectivity index (χ4n) is 3.91. The predicted octanol–water partition coefficient (Wildman–Crippen LogP) is 5.51. The number of nitrogens with one attached hydrogen (secondary N) is 1. The second-order valence-electron chi connectivity index (χ2n) is 10.1. The molecule has 0 amide bonds. The molecule has 0 bridgehead atoms. The van der Waals surface area contributed by atoms with Gasteiger partial charge in [-0.05, 0) is 63.7 Å². The van der Waals surface area contributed by atoms with E-state index in [1.165, 1.54) is 0 Å². The van der Waals surface area contributed by atoms with Gasteiger partial charge in [-0.15, -0.1) is 0 Å². The SMILES string of the molecule is CN1C=CN(CCOCCN2C=CN(C)[CH-]2)[CH-]1.COCCN1C=CN(CCN2C=CN[CH-]2)[CH-]1.C[CH]=[Ru]([Cl])[Cl].[Cl][Ru]([Cl])=[CH]c1ccccc1. The number of halogens is 4. The van der Waals surface area contributed by atoms with E-state index in [1.54, 1.807) is 7.11 Å². The van der Waals surface area contributed by atoms with Crippen LogP contribution in [-0.4, -0.2) is 117 Å². The van der Waals surface area contributed by atoms with Gasteiger partial charge in [0.1, 0.15) is 0 Å². The number of nitrogens with zero attached hydrogens (tertiary/aromatic N) is 7. The van der Waals surface area contributed by atoms with Gasteiger partial charge in [0.25, 0.3) is 0 Å². The molecular weight excluding hydrogens is 872 g/mol. The molecule has 1 aromatic rings. The molecule has 0 atom stereocenters. The summed E-state index contributed by atoms with van der Waals surface area (Å²) in [5.41, 5.74) is 1.12. The molecule has 0 radical (unpaired) electrons. The van der Waals surface area contributed by atoms with Crippen molar-refractivity contribution in [2.45, 2.75) is 6.92 Å². The zero-order valence-electron chi connectivity index (χ0n) is 27.8. The standard InChI is InChI=1S/C12H20N4O.C11H18N4O.C7H6.C2H4.4ClH.2Ru/c1-13-3-5-15(11-13)7-9-17-10-8-16-6-4-14(2)12-16;1-16-9-8-15-7-6-14(11-15)5-4-13-3-2-12-10-13;1-7-5-3-2-4-6-7;1-2;;;;;;/h3-6,11-12H,7-10H2,1-2H3;2-3,6-7,10-12H,4-5,8-9H2,1H3;1-6H;1H,2H3;4*1H;;/q2*-2;;;;;;;2*+2/p-4. The molecule has 276 valence electrons. The minimum absolute atomic E-state index is 0.751. The molecule has 16 heteroatoms. The molecule has 4 aliphatic heterocycles. The Bertz CT molecular complexity index is 1160. The molecule has 1 aromatic carbocycles. The van der Waals surface area contributed by atoms with Crippen LogP contribution in [0, 0.1) is 26.7 Å². The van der Waals surface area contributed by atoms with E-state index >= 15 is 0 Å². The van der Waals surface area contributed by atoms with Gasteiger partial charge in [0.15, 0.2) is 0 Å². The fourth-order valence-corrected chi connectivity index (χ4v) is 5.74. The average Bonchev–Trinajstić information content (AvgIpc) is 3.90. The number of hydrogen-bond donors (Lipinski definition) is 1. The number of ether oxygens (including phenoxy) is 2. The van der Waals surface area contributed by atoms with Crippen LogP contribution in [0.1, 0.15) is 12.5 Å². The van der Waals surface area contributed by atoms with E-state index in [9.17, 15) is 0 Å². The van der Waals surface area contributed by atoms with Crippen LogP contribution in [0.3, 0.4) is 0 Å². The summed E-state index contributed by atoms with van der Waals surface area (Å²) >= 11 is -2.98. The minimum atomic E-state index is -1.61. The third-order valence-electron chi connectivity index (χ3n) is 6.30. The number of hydrogen-bond acceptors (Lipinski definition) is 10. The molecule has 4 aliphatic rings. The average molecular weight is 921 g/mol. The van der Waals surface area contributed by atoms with Crippen LogP contribution in [0.4, 0.5) is 0 Å². The van der Waals surface area contributed by atoms with Crippen molar-refractivity contribution in [3.8, 4) is 0 Å². The molecule has 48 heavy (non-hydrogen) atoms. The first-order chi connectivity index (χ1) is 23.2. The summed E-state index contributed by atoms with van der Waals surface area (Å²) in [7, 11) is 27.7. The summed E-state index contributed by atoms with van der Waals surface area (Å²) < 4.78 is 14.4. The van der Waals surface area contributed by atoms with Crippen LogP contribution in [-0.2, 0) is 36.5 Å². The van der Waals surface area contributed by atoms with Gasteiger partial charge in [-0.1, -0.05) is 0 Å². The van der Waals surface area contributed by atoms with E-state index in [0.717, 1.165) is 58.1 Å². The Morgan fingerprint density at radius 2 is 1.17 bits per heavy atom. The van der Waals surface area contributed by atoms with Gasteiger partial charge in [0.2, 0.25) is 0 Å². The van der Waals surface area contributed by atoms with Gasteiger partial charge in [-0.2, -0.15) is 26.7 Å². The topological polar surface area (TPSA) is 53.2 Å². The number of methoxy groups -OCH3 is 1. The first-order valence-electron chi connectivity index (χ1n) is 15.0. The van der Waals surface area contributed by atoms with Gasteiger partial charge in [-0.3, -0.25) is 0 Å². The Morgan fingerprint density at radius 3 is 1.62 bits per heavy atom. The van der Waals surface area contributed by atoms with Gasteiger partial charge >= 0.3 is 118 Å². The van der Waals surface area contributed by atoms with Gasteiger partial charge in [0, 0.05) is 39.8 Å². The van der Waals surface area contributed by atoms with Crippen LogP contribution >= 0.6 is 38.8 Å². The van der Waals surface area contributed by atoms with E-state index in [-0.39, 0.29) is 0 Å². The second kappa shape index (κ2) is 26.5. The normalized spacial score (nSPS) is 16.3. The summed E-state index contributed by atoms with van der Waals surface area (Å²) in [6.45, 7) is 17.0. The van der Waals surface area contributed by atoms with Crippen LogP contribution in [0.2, 0.25) is 0 Å². The Labute approximate surface area is 314 Å². The van der Waals surface area contributed by atoms with Crippen LogP contribution in [0.25, 0.3) is 0 Å². The molecule has 0 saturated heterocycles. The summed E-state index contributed by atoms with van der Waals surface area (Å²) in [5, 5.41) is 3.03. The van der Waals surface area contributed by atoms with Crippen molar-refractivity contribution in [3.05, 3.63) is 112 Å². The summed E-state index contributed by atoms with van der Waals surface area (Å²) in [6.07, 6.45) is 16.3. The molecule has 0 aliphatic carbocycles. The Hall–Kier alpha value is -1.35. The molecule has 10 nitrogen and oxygen atoms in total. The first kappa shape index (κ1) is 42.8. The third kappa shape index (κ3) is 21.0. The van der Waals surface area contributed by atoms with Gasteiger partial charge in [0.05, 0.1) is 19.8 Å². The molecule has 0 unspecified atom stereocenters. The summed E-state index contributed by atoms with van der Waals surface area (Å²) in [6, 6.07) is 9.89. The van der Waals surface area contributed by atoms with E-state index in [2.05, 4.69) is 74.6 Å². The van der Waals surface area contributed by atoms with E-state index in [0.29, 0.717) is 0 Å². The molecule has 0 aromatic heterocycles. The number of benzene rings is 1. The van der Waals surface area contributed by atoms with Crippen LogP contribution in [0.15, 0.2) is 79.9 Å². The zero-order chi connectivity index (χ0) is 35.0. The van der Waals surface area contributed by atoms with Crippen molar-refractivity contribution < 1.29 is 36.5 Å². The molecule has 0 fully saturated rings. The van der Waals surface area contributed by atoms with Gasteiger partial charge in [-0.25, -0.2) is 0 Å². The summed E-state index contributed by atoms with van der Waals surface area (Å²) in [5.74, 6) is 0. The van der Waals surface area contributed by atoms with E-state index in [4.69, 9.17) is 48.2 Å². The van der Waals surface area contributed by atoms with Crippen molar-refractivity contribution in [2.75, 3.05) is 73.7 Å². The second-order valence-corrected chi connectivity index (χ2v) is 22.1. The van der Waals surface area contributed by atoms with Crippen LogP contribution < -0.4 is 5.32 Å². The molecule has 0 spiro atoms. The van der Waals surface area contributed by atoms with Crippen molar-refractivity contribution in [1.29, 1.82) is 0 Å². The maximum absolute atomic E-state index is 5.67. The number of rotatable bonds is 13. The van der Waals surface area contributed by atoms with Crippen molar-refractivity contribution in [2.24, 2.45) is 0 Å². The summed E-state index contributed by atoms with van der Waals surface area (Å²) in [4.78, 5) is 14.7. The Kier molecular flexibility index (Phi) is 23.6. The van der Waals surface area contributed by atoms with E-state index in [1.807, 2.05) is 102 Å². The Morgan fingerprint density at radius 1 is 0.667 bits per heavy atom. The van der Waals surface area contributed by atoms with Gasteiger partial charge < -0.3 is 49.1 Å². The zero-order valence-corrected chi connectivity index (χ0v) is 34.3. The van der Waals surface area contributed by atoms with Crippen LogP contribution in [0.5, 0.6) is 0 Å². The molecule has 4 heterocycles. The first-order valence-corrected chi connectivity index (χ1v) is 26.0. The quantitative estimate of drug-likeness (QED) is 0.156. The predicted molar refractivity (Wildman–Crippen MR) is 195 cm³/mol. The van der Waals surface area contributed by atoms with Crippen molar-refractivity contribution in [3.63, 3.8) is 0 Å². The molecule has 1 N–H and O–H groups in total. The molecule has 0 saturated carbocycles. The Balaban J connectivity index is 0.000000240.